The van der Waals surface area contributed by atoms with Gasteiger partial charge < -0.3 is 5.11 Å². The quantitative estimate of drug-likeness (QED) is 0.631. The highest BCUT2D eigenvalue weighted by Gasteiger charge is 2.27. The van der Waals surface area contributed by atoms with Crippen LogP contribution in [-0.2, 0) is 0 Å². The highest BCUT2D eigenvalue weighted by Crippen LogP contribution is 2.14. The molecule has 2 rings (SSSR count). The van der Waals surface area contributed by atoms with Crippen molar-refractivity contribution >= 4 is 5.69 Å². The van der Waals surface area contributed by atoms with Crippen LogP contribution in [0.4, 0.5) is 5.69 Å². The number of nitrogens with one attached hydrogen (secondary N) is 2. The molecule has 0 spiro atoms. The van der Waals surface area contributed by atoms with Gasteiger partial charge in [0.1, 0.15) is 0 Å². The van der Waals surface area contributed by atoms with Crippen molar-refractivity contribution in [2.45, 2.75) is 19.0 Å². The topological polar surface area (TPSA) is 47.5 Å². The molecule has 0 aliphatic carbocycles. The van der Waals surface area contributed by atoms with Gasteiger partial charge in [-0.3, -0.25) is 0 Å². The molecule has 0 radical (unpaired) electrons. The molecule has 1 aromatic rings. The second-order valence-electron chi connectivity index (χ2n) is 3.51. The van der Waals surface area contributed by atoms with Crippen LogP contribution in [0.15, 0.2) is 30.3 Å². The van der Waals surface area contributed by atoms with Gasteiger partial charge in [-0.25, -0.2) is 16.0 Å². The first-order valence-corrected chi connectivity index (χ1v) is 4.79. The zero-order valence-corrected chi connectivity index (χ0v) is 8.14. The summed E-state index contributed by atoms with van der Waals surface area (Å²) in [5.41, 5.74) is 7.46. The molecule has 1 aromatic carbocycles. The maximum atomic E-state index is 9.07. The Labute approximate surface area is 83.5 Å². The van der Waals surface area contributed by atoms with E-state index in [2.05, 4.69) is 10.9 Å². The monoisotopic (exact) mass is 193 g/mol. The molecule has 0 amide bonds. The van der Waals surface area contributed by atoms with Crippen molar-refractivity contribution in [2.75, 3.05) is 11.7 Å². The van der Waals surface area contributed by atoms with Crippen molar-refractivity contribution in [3.8, 4) is 0 Å². The molecule has 76 valence electrons. The van der Waals surface area contributed by atoms with Gasteiger partial charge in [0.15, 0.2) is 0 Å². The Balaban J connectivity index is 2.09. The molecular weight excluding hydrogens is 178 g/mol. The summed E-state index contributed by atoms with van der Waals surface area (Å²) in [6, 6.07) is 10.3. The van der Waals surface area contributed by atoms with Gasteiger partial charge in [0, 0.05) is 6.04 Å². The Morgan fingerprint density at radius 2 is 2.00 bits per heavy atom. The number of hydrogen-bond donors (Lipinski definition) is 3. The van der Waals surface area contributed by atoms with E-state index in [1.54, 1.807) is 0 Å². The number of nitrogens with zero attached hydrogens (tertiary/aromatic N) is 1. The average Bonchev–Trinajstić information content (AvgIpc) is 2.61. The summed E-state index contributed by atoms with van der Waals surface area (Å²) >= 11 is 0. The number of hydrazine groups is 2. The van der Waals surface area contributed by atoms with E-state index in [1.165, 1.54) is 0 Å². The summed E-state index contributed by atoms with van der Waals surface area (Å²) in [4.78, 5) is 0. The lowest BCUT2D eigenvalue weighted by Crippen LogP contribution is -2.40. The van der Waals surface area contributed by atoms with Gasteiger partial charge >= 0.3 is 0 Å². The Morgan fingerprint density at radius 1 is 1.29 bits per heavy atom. The van der Waals surface area contributed by atoms with Crippen molar-refractivity contribution in [3.05, 3.63) is 30.3 Å². The molecule has 2 unspecified atom stereocenters. The lowest BCUT2D eigenvalue weighted by atomic mass is 10.2. The predicted molar refractivity (Wildman–Crippen MR) is 55.5 cm³/mol. The normalized spacial score (nSPS) is 26.9. The summed E-state index contributed by atoms with van der Waals surface area (Å²) in [6.45, 7) is 2.17. The predicted octanol–water partition coefficient (Wildman–Crippen LogP) is 0.265. The highest BCUT2D eigenvalue weighted by atomic mass is 16.3. The fraction of sp³-hybridized carbons (Fsp3) is 0.400. The standard InChI is InChI=1S/C10H15N3O/c1-8-10(7-14)12-13(11-8)9-5-3-2-4-6-9/h2-6,8,10-12,14H,7H2,1H3. The third kappa shape index (κ3) is 1.72. The van der Waals surface area contributed by atoms with E-state index >= 15 is 0 Å². The molecule has 14 heavy (non-hydrogen) atoms. The number of aliphatic hydroxyl groups excluding tert-OH is 1. The molecule has 4 heteroatoms. The molecule has 1 fully saturated rings. The fourth-order valence-corrected chi connectivity index (χ4v) is 1.53. The summed E-state index contributed by atoms with van der Waals surface area (Å²) in [7, 11) is 0. The van der Waals surface area contributed by atoms with Crippen molar-refractivity contribution in [2.24, 2.45) is 0 Å². The number of benzene rings is 1. The van der Waals surface area contributed by atoms with Gasteiger partial charge in [-0.2, -0.15) is 0 Å². The first-order chi connectivity index (χ1) is 6.81. The second-order valence-corrected chi connectivity index (χ2v) is 3.51. The van der Waals surface area contributed by atoms with E-state index in [9.17, 15) is 0 Å². The molecule has 0 bridgehead atoms. The zero-order chi connectivity index (χ0) is 9.97. The highest BCUT2D eigenvalue weighted by molar-refractivity contribution is 5.44. The van der Waals surface area contributed by atoms with Crippen LogP contribution in [0.5, 0.6) is 0 Å². The van der Waals surface area contributed by atoms with Crippen molar-refractivity contribution in [1.29, 1.82) is 0 Å². The van der Waals surface area contributed by atoms with E-state index in [0.717, 1.165) is 5.69 Å². The minimum atomic E-state index is 0.0789. The van der Waals surface area contributed by atoms with Crippen LogP contribution in [0.1, 0.15) is 6.92 Å². The molecule has 0 saturated carbocycles. The van der Waals surface area contributed by atoms with Crippen LogP contribution in [0, 0.1) is 0 Å². The van der Waals surface area contributed by atoms with Gasteiger partial charge in [0.25, 0.3) is 0 Å². The SMILES string of the molecule is CC1NN(c2ccccc2)NC1CO. The molecule has 3 N–H and O–H groups in total. The number of hydrogen-bond acceptors (Lipinski definition) is 4. The van der Waals surface area contributed by atoms with E-state index in [0.29, 0.717) is 0 Å². The maximum Gasteiger partial charge on any atom is 0.0702 e. The lowest BCUT2D eigenvalue weighted by Gasteiger charge is -2.18. The molecule has 2 atom stereocenters. The van der Waals surface area contributed by atoms with Crippen LogP contribution in [0.3, 0.4) is 0 Å². The largest absolute Gasteiger partial charge is 0.395 e. The zero-order valence-electron chi connectivity index (χ0n) is 8.14. The molecular formula is C10H15N3O. The van der Waals surface area contributed by atoms with Crippen molar-refractivity contribution in [3.63, 3.8) is 0 Å². The first-order valence-electron chi connectivity index (χ1n) is 4.79. The summed E-state index contributed by atoms with van der Waals surface area (Å²) < 4.78 is 0. The van der Waals surface area contributed by atoms with Crippen molar-refractivity contribution in [1.82, 2.24) is 10.9 Å². The van der Waals surface area contributed by atoms with Gasteiger partial charge in [-0.15, -0.1) is 0 Å². The Bertz CT molecular complexity index is 291. The molecule has 4 nitrogen and oxygen atoms in total. The van der Waals surface area contributed by atoms with Gasteiger partial charge in [0.2, 0.25) is 0 Å². The minimum Gasteiger partial charge on any atom is -0.395 e. The third-order valence-electron chi connectivity index (χ3n) is 2.44. The van der Waals surface area contributed by atoms with Gasteiger partial charge in [-0.05, 0) is 19.1 Å². The summed E-state index contributed by atoms with van der Waals surface area (Å²) in [6.07, 6.45) is 0. The van der Waals surface area contributed by atoms with Gasteiger partial charge in [0.05, 0.1) is 18.3 Å². The van der Waals surface area contributed by atoms with Crippen LogP contribution in [-0.4, -0.2) is 23.8 Å². The Morgan fingerprint density at radius 3 is 2.57 bits per heavy atom. The number of rotatable bonds is 2. The molecule has 1 saturated heterocycles. The number of aliphatic hydroxyl groups is 1. The maximum absolute atomic E-state index is 9.07. The van der Waals surface area contributed by atoms with Crippen molar-refractivity contribution < 1.29 is 5.11 Å². The number of anilines is 1. The third-order valence-corrected chi connectivity index (χ3v) is 2.44. The first kappa shape index (κ1) is 9.45. The molecule has 0 aromatic heterocycles. The Hall–Kier alpha value is -1.10. The fourth-order valence-electron chi connectivity index (χ4n) is 1.53. The van der Waals surface area contributed by atoms with Crippen LogP contribution in [0.25, 0.3) is 0 Å². The average molecular weight is 193 g/mol. The van der Waals surface area contributed by atoms with E-state index in [1.807, 2.05) is 42.4 Å². The van der Waals surface area contributed by atoms with Crippen LogP contribution in [0.2, 0.25) is 0 Å². The second kappa shape index (κ2) is 3.96. The lowest BCUT2D eigenvalue weighted by molar-refractivity contribution is 0.246. The molecule has 1 aliphatic heterocycles. The smallest absolute Gasteiger partial charge is 0.0702 e. The van der Waals surface area contributed by atoms with Crippen LogP contribution >= 0.6 is 0 Å². The minimum absolute atomic E-state index is 0.0789. The molecule has 1 aliphatic rings. The van der Waals surface area contributed by atoms with E-state index in [4.69, 9.17) is 5.11 Å². The van der Waals surface area contributed by atoms with E-state index in [-0.39, 0.29) is 18.7 Å². The van der Waals surface area contributed by atoms with E-state index < -0.39 is 0 Å². The summed E-state index contributed by atoms with van der Waals surface area (Å²) in [5.74, 6) is 0. The Kier molecular flexibility index (Phi) is 2.67. The van der Waals surface area contributed by atoms with Gasteiger partial charge in [-0.1, -0.05) is 18.2 Å². The molecule has 1 heterocycles. The summed E-state index contributed by atoms with van der Waals surface area (Å²) in [5, 5.41) is 10.9. The number of para-hydroxylation sites is 1. The van der Waals surface area contributed by atoms with Crippen LogP contribution < -0.4 is 16.0 Å².